The molecule has 0 saturated carbocycles. The molecule has 1 amide bonds. The Labute approximate surface area is 104 Å². The number of nitrogens with one attached hydrogen (secondary N) is 2. The Morgan fingerprint density at radius 2 is 2.22 bits per heavy atom. The van der Waals surface area contributed by atoms with Gasteiger partial charge in [0.25, 0.3) is 0 Å². The van der Waals surface area contributed by atoms with Crippen molar-refractivity contribution in [3.05, 3.63) is 34.7 Å². The molecule has 0 fully saturated rings. The second-order valence-corrected chi connectivity index (χ2v) is 3.75. The first-order valence-corrected chi connectivity index (χ1v) is 5.80. The zero-order chi connectivity index (χ0) is 13.0. The molecule has 6 heteroatoms. The van der Waals surface area contributed by atoms with Gasteiger partial charge in [-0.05, 0) is 19.1 Å². The average molecular weight is 249 g/mol. The van der Waals surface area contributed by atoms with Crippen LogP contribution in [0.2, 0.25) is 0 Å². The fraction of sp³-hybridized carbons (Fsp3) is 0.333. The number of carbonyl (C=O) groups excluding carboxylic acids is 1. The average Bonchev–Trinajstić information content (AvgIpc) is 2.66. The third-order valence-corrected chi connectivity index (χ3v) is 2.56. The van der Waals surface area contributed by atoms with Crippen molar-refractivity contribution in [3.63, 3.8) is 0 Å². The summed E-state index contributed by atoms with van der Waals surface area (Å²) >= 11 is 0. The summed E-state index contributed by atoms with van der Waals surface area (Å²) in [4.78, 5) is 25.5. The van der Waals surface area contributed by atoms with E-state index in [1.165, 1.54) is 0 Å². The molecule has 0 saturated heterocycles. The predicted octanol–water partition coefficient (Wildman–Crippen LogP) is 1.08. The minimum Gasteiger partial charge on any atom is -0.450 e. The Bertz CT molecular complexity index is 600. The van der Waals surface area contributed by atoms with E-state index < -0.39 is 6.09 Å². The smallest absolute Gasteiger partial charge is 0.407 e. The molecule has 0 atom stereocenters. The molecular formula is C12H15N3O3. The van der Waals surface area contributed by atoms with Crippen LogP contribution >= 0.6 is 0 Å². The summed E-state index contributed by atoms with van der Waals surface area (Å²) in [6.07, 6.45) is -0.467. The number of aromatic nitrogens is 2. The number of rotatable bonds is 4. The number of ether oxygens (including phenoxy) is 1. The number of fused-ring (bicyclic) bond motifs is 1. The quantitative estimate of drug-likeness (QED) is 0.851. The van der Waals surface area contributed by atoms with Crippen LogP contribution in [0, 0.1) is 0 Å². The van der Waals surface area contributed by atoms with Gasteiger partial charge in [-0.3, -0.25) is 4.57 Å². The number of aromatic amines is 1. The van der Waals surface area contributed by atoms with E-state index in [1.54, 1.807) is 11.5 Å². The zero-order valence-corrected chi connectivity index (χ0v) is 10.1. The van der Waals surface area contributed by atoms with Gasteiger partial charge in [-0.2, -0.15) is 0 Å². The van der Waals surface area contributed by atoms with Crippen molar-refractivity contribution in [1.82, 2.24) is 14.9 Å². The molecule has 2 rings (SSSR count). The summed E-state index contributed by atoms with van der Waals surface area (Å²) in [6, 6.07) is 7.42. The molecule has 1 aromatic heterocycles. The Morgan fingerprint density at radius 3 is 3.00 bits per heavy atom. The molecule has 2 aromatic rings. The summed E-state index contributed by atoms with van der Waals surface area (Å²) in [7, 11) is 0. The van der Waals surface area contributed by atoms with Crippen LogP contribution in [-0.2, 0) is 11.3 Å². The number of imidazole rings is 1. The fourth-order valence-electron chi connectivity index (χ4n) is 1.78. The second kappa shape index (κ2) is 5.39. The Kier molecular flexibility index (Phi) is 3.66. The van der Waals surface area contributed by atoms with Gasteiger partial charge in [0.05, 0.1) is 17.6 Å². The molecule has 0 radical (unpaired) electrons. The number of nitrogens with zero attached hydrogens (tertiary/aromatic N) is 1. The van der Waals surface area contributed by atoms with Crippen LogP contribution in [0.4, 0.5) is 4.79 Å². The molecule has 0 aliphatic rings. The minimum atomic E-state index is -0.467. The highest BCUT2D eigenvalue weighted by molar-refractivity contribution is 5.74. The third kappa shape index (κ3) is 2.53. The number of H-pyrrole nitrogens is 1. The minimum absolute atomic E-state index is 0.179. The first-order chi connectivity index (χ1) is 8.72. The maximum absolute atomic E-state index is 11.7. The van der Waals surface area contributed by atoms with Crippen LogP contribution in [0.15, 0.2) is 29.1 Å². The highest BCUT2D eigenvalue weighted by atomic mass is 16.5. The molecule has 0 unspecified atom stereocenters. The summed E-state index contributed by atoms with van der Waals surface area (Å²) in [5.74, 6) is 0. The molecule has 1 heterocycles. The van der Waals surface area contributed by atoms with E-state index in [2.05, 4.69) is 10.3 Å². The van der Waals surface area contributed by atoms with Crippen molar-refractivity contribution in [2.75, 3.05) is 13.2 Å². The maximum atomic E-state index is 11.7. The van der Waals surface area contributed by atoms with E-state index in [1.807, 2.05) is 24.3 Å². The molecule has 0 aliphatic carbocycles. The molecule has 96 valence electrons. The number of hydrogen-bond acceptors (Lipinski definition) is 3. The number of para-hydroxylation sites is 2. The topological polar surface area (TPSA) is 76.1 Å². The van der Waals surface area contributed by atoms with Crippen LogP contribution < -0.4 is 11.0 Å². The number of hydrogen-bond donors (Lipinski definition) is 2. The van der Waals surface area contributed by atoms with E-state index in [0.29, 0.717) is 19.7 Å². The molecule has 6 nitrogen and oxygen atoms in total. The lowest BCUT2D eigenvalue weighted by atomic mass is 10.3. The molecule has 0 spiro atoms. The summed E-state index contributed by atoms with van der Waals surface area (Å²) in [5.41, 5.74) is 1.44. The highest BCUT2D eigenvalue weighted by Crippen LogP contribution is 2.08. The first kappa shape index (κ1) is 12.2. The van der Waals surface area contributed by atoms with E-state index in [4.69, 9.17) is 4.74 Å². The highest BCUT2D eigenvalue weighted by Gasteiger charge is 2.06. The lowest BCUT2D eigenvalue weighted by molar-refractivity contribution is 0.152. The van der Waals surface area contributed by atoms with Crippen LogP contribution in [0.5, 0.6) is 0 Å². The molecular weight excluding hydrogens is 234 g/mol. The van der Waals surface area contributed by atoms with Gasteiger partial charge in [0.15, 0.2) is 0 Å². The van der Waals surface area contributed by atoms with Crippen LogP contribution in [0.1, 0.15) is 6.92 Å². The predicted molar refractivity (Wildman–Crippen MR) is 67.6 cm³/mol. The molecule has 0 bridgehead atoms. The van der Waals surface area contributed by atoms with Gasteiger partial charge in [-0.15, -0.1) is 0 Å². The van der Waals surface area contributed by atoms with Gasteiger partial charge >= 0.3 is 11.8 Å². The van der Waals surface area contributed by atoms with Gasteiger partial charge in [0.2, 0.25) is 0 Å². The summed E-state index contributed by atoms with van der Waals surface area (Å²) in [6.45, 7) is 2.82. The van der Waals surface area contributed by atoms with Gasteiger partial charge < -0.3 is 15.0 Å². The van der Waals surface area contributed by atoms with E-state index in [9.17, 15) is 9.59 Å². The SMILES string of the molecule is CCOC(=O)NCCn1c(=O)[nH]c2ccccc21. The van der Waals surface area contributed by atoms with E-state index >= 15 is 0 Å². The Hall–Kier alpha value is -2.24. The van der Waals surface area contributed by atoms with E-state index in [0.717, 1.165) is 11.0 Å². The number of carbonyl (C=O) groups is 1. The van der Waals surface area contributed by atoms with Crippen molar-refractivity contribution >= 4 is 17.1 Å². The van der Waals surface area contributed by atoms with Gasteiger partial charge in [-0.25, -0.2) is 9.59 Å². The summed E-state index contributed by atoms with van der Waals surface area (Å²) < 4.78 is 6.32. The molecule has 2 N–H and O–H groups in total. The molecule has 18 heavy (non-hydrogen) atoms. The van der Waals surface area contributed by atoms with E-state index in [-0.39, 0.29) is 5.69 Å². The standard InChI is InChI=1S/C12H15N3O3/c1-2-18-12(17)13-7-8-15-10-6-4-3-5-9(10)14-11(15)16/h3-6H,2,7-8H2,1H3,(H,13,17)(H,14,16). The lowest BCUT2D eigenvalue weighted by Crippen LogP contribution is -2.30. The summed E-state index contributed by atoms with van der Waals surface area (Å²) in [5, 5.41) is 2.58. The van der Waals surface area contributed by atoms with Crippen molar-refractivity contribution in [2.24, 2.45) is 0 Å². The largest absolute Gasteiger partial charge is 0.450 e. The van der Waals surface area contributed by atoms with Crippen molar-refractivity contribution in [2.45, 2.75) is 13.5 Å². The molecule has 0 aliphatic heterocycles. The van der Waals surface area contributed by atoms with Gasteiger partial charge in [0.1, 0.15) is 0 Å². The molecule has 1 aromatic carbocycles. The van der Waals surface area contributed by atoms with Crippen molar-refractivity contribution in [3.8, 4) is 0 Å². The van der Waals surface area contributed by atoms with Crippen LogP contribution in [0.3, 0.4) is 0 Å². The number of alkyl carbamates (subject to hydrolysis) is 1. The van der Waals surface area contributed by atoms with Crippen LogP contribution in [0.25, 0.3) is 11.0 Å². The lowest BCUT2D eigenvalue weighted by Gasteiger charge is -2.06. The van der Waals surface area contributed by atoms with Crippen molar-refractivity contribution in [1.29, 1.82) is 0 Å². The van der Waals surface area contributed by atoms with Crippen LogP contribution in [-0.4, -0.2) is 28.8 Å². The third-order valence-electron chi connectivity index (χ3n) is 2.56. The Balaban J connectivity index is 2.06. The number of amides is 1. The zero-order valence-electron chi connectivity index (χ0n) is 10.1. The fourth-order valence-corrected chi connectivity index (χ4v) is 1.78. The van der Waals surface area contributed by atoms with Gasteiger partial charge in [0, 0.05) is 13.1 Å². The number of benzene rings is 1. The normalized spacial score (nSPS) is 10.5. The Morgan fingerprint density at radius 1 is 1.44 bits per heavy atom. The first-order valence-electron chi connectivity index (χ1n) is 5.80. The second-order valence-electron chi connectivity index (χ2n) is 3.75. The van der Waals surface area contributed by atoms with Crippen molar-refractivity contribution < 1.29 is 9.53 Å². The van der Waals surface area contributed by atoms with Gasteiger partial charge in [-0.1, -0.05) is 12.1 Å². The maximum Gasteiger partial charge on any atom is 0.407 e. The monoisotopic (exact) mass is 249 g/mol.